The summed E-state index contributed by atoms with van der Waals surface area (Å²) in [5.74, 6) is -0.909. The maximum absolute atomic E-state index is 10.8. The number of hydrogen-bond donors (Lipinski definition) is 5. The Morgan fingerprint density at radius 3 is 1.55 bits per heavy atom. The van der Waals surface area contributed by atoms with Crippen LogP contribution in [-0.4, -0.2) is 79.0 Å². The second kappa shape index (κ2) is 14.0. The quantitative estimate of drug-likeness (QED) is 0.182. The predicted octanol–water partition coefficient (Wildman–Crippen LogP) is 0.645. The number of hydrogen-bond acceptors (Lipinski definition) is 15. The Hall–Kier alpha value is -5.32. The van der Waals surface area contributed by atoms with Gasteiger partial charge in [-0.1, -0.05) is 6.92 Å². The van der Waals surface area contributed by atoms with Crippen LogP contribution in [0.15, 0.2) is 36.9 Å². The van der Waals surface area contributed by atoms with Crippen molar-refractivity contribution in [3.05, 3.63) is 59.7 Å². The number of nitrogens with one attached hydrogen (secondary N) is 2. The minimum Gasteiger partial charge on any atom is -0.481 e. The first-order chi connectivity index (χ1) is 19.1. The minimum atomic E-state index is -1.06. The summed E-state index contributed by atoms with van der Waals surface area (Å²) in [7, 11) is 0. The fraction of sp³-hybridized carbons (Fsp3) is 0.304. The van der Waals surface area contributed by atoms with Crippen molar-refractivity contribution < 1.29 is 19.8 Å². The van der Waals surface area contributed by atoms with E-state index in [4.69, 9.17) is 15.9 Å². The van der Waals surface area contributed by atoms with Gasteiger partial charge in [-0.2, -0.15) is 0 Å². The van der Waals surface area contributed by atoms with Crippen LogP contribution in [0, 0.1) is 19.8 Å². The predicted molar refractivity (Wildman–Crippen MR) is 140 cm³/mol. The van der Waals surface area contributed by atoms with Crippen molar-refractivity contribution in [2.45, 2.75) is 39.7 Å². The molecule has 0 aliphatic carbocycles. The number of aryl methyl sites for hydroxylation is 2. The molecule has 0 saturated carbocycles. The molecule has 0 saturated heterocycles. The van der Waals surface area contributed by atoms with Gasteiger partial charge in [-0.3, -0.25) is 19.6 Å². The summed E-state index contributed by atoms with van der Waals surface area (Å²) in [6.45, 7) is 5.03. The van der Waals surface area contributed by atoms with E-state index in [9.17, 15) is 9.59 Å². The molecule has 0 aliphatic heterocycles. The third-order valence-corrected chi connectivity index (χ3v) is 5.00. The van der Waals surface area contributed by atoms with E-state index in [0.717, 1.165) is 5.56 Å². The van der Waals surface area contributed by atoms with Crippen molar-refractivity contribution in [3.8, 4) is 0 Å². The van der Waals surface area contributed by atoms with Crippen LogP contribution in [0.4, 0.5) is 23.3 Å². The molecule has 0 radical (unpaired) electrons. The van der Waals surface area contributed by atoms with Crippen LogP contribution in [0.25, 0.3) is 0 Å². The van der Waals surface area contributed by atoms with Gasteiger partial charge >= 0.3 is 11.9 Å². The topological polar surface area (TPSA) is 254 Å². The van der Waals surface area contributed by atoms with Crippen molar-refractivity contribution in [2.24, 2.45) is 11.7 Å². The molecule has 6 N–H and O–H groups in total. The molecule has 40 heavy (non-hydrogen) atoms. The smallest absolute Gasteiger partial charge is 0.320 e. The zero-order chi connectivity index (χ0) is 29.1. The van der Waals surface area contributed by atoms with Crippen molar-refractivity contribution in [1.29, 1.82) is 0 Å². The molecule has 4 heterocycles. The molecule has 17 nitrogen and oxygen atoms in total. The van der Waals surface area contributed by atoms with Gasteiger partial charge in [0.05, 0.1) is 29.7 Å². The number of pyridine rings is 2. The maximum atomic E-state index is 10.8. The second-order valence-corrected chi connectivity index (χ2v) is 8.55. The van der Waals surface area contributed by atoms with Crippen molar-refractivity contribution in [1.82, 2.24) is 50.8 Å². The number of nitrogens with two attached hydrogens (primary N) is 1. The number of aromatic nitrogens is 10. The Balaban J connectivity index is 0.000000220. The Morgan fingerprint density at radius 1 is 0.725 bits per heavy atom. The second-order valence-electron chi connectivity index (χ2n) is 8.55. The van der Waals surface area contributed by atoms with E-state index in [-0.39, 0.29) is 18.3 Å². The Kier molecular flexibility index (Phi) is 10.2. The van der Waals surface area contributed by atoms with Crippen LogP contribution < -0.4 is 16.4 Å². The zero-order valence-electron chi connectivity index (χ0n) is 21.8. The first-order valence-electron chi connectivity index (χ1n) is 11.8. The van der Waals surface area contributed by atoms with Crippen LogP contribution in [0.3, 0.4) is 0 Å². The molecule has 208 valence electrons. The Morgan fingerprint density at radius 2 is 1.15 bits per heavy atom. The van der Waals surface area contributed by atoms with Gasteiger partial charge in [-0.15, -0.1) is 40.8 Å². The lowest BCUT2D eigenvalue weighted by atomic mass is 10.0. The van der Waals surface area contributed by atoms with Gasteiger partial charge in [0.2, 0.25) is 0 Å². The van der Waals surface area contributed by atoms with Crippen molar-refractivity contribution in [2.75, 3.05) is 10.6 Å². The summed E-state index contributed by atoms with van der Waals surface area (Å²) in [4.78, 5) is 29.6. The highest BCUT2D eigenvalue weighted by Gasteiger charge is 2.13. The number of carboxylic acids is 2. The molecule has 0 bridgehead atoms. The fourth-order valence-electron chi connectivity index (χ4n) is 3.03. The van der Waals surface area contributed by atoms with E-state index in [1.165, 1.54) is 0 Å². The molecular weight excluding hydrogens is 522 g/mol. The largest absolute Gasteiger partial charge is 0.481 e. The number of aliphatic carboxylic acids is 2. The van der Waals surface area contributed by atoms with E-state index in [1.54, 1.807) is 57.7 Å². The molecule has 0 spiro atoms. The van der Waals surface area contributed by atoms with Gasteiger partial charge in [0.25, 0.3) is 11.9 Å². The van der Waals surface area contributed by atoms with Crippen LogP contribution in [0.2, 0.25) is 0 Å². The van der Waals surface area contributed by atoms with Gasteiger partial charge < -0.3 is 26.6 Å². The Bertz CT molecular complexity index is 1310. The van der Waals surface area contributed by atoms with Crippen molar-refractivity contribution in [3.63, 3.8) is 0 Å². The van der Waals surface area contributed by atoms with Gasteiger partial charge in [0.15, 0.2) is 11.6 Å². The summed E-state index contributed by atoms with van der Waals surface area (Å²) in [5.41, 5.74) is 8.25. The van der Waals surface area contributed by atoms with Gasteiger partial charge in [-0.05, 0) is 49.9 Å². The molecule has 2 atom stereocenters. The standard InChI is InChI=1S/C12H14N6O2.C11H13N7O2/c1-7(11(19)20)3-9-4-10(6-13-5-9)14-12-17-15-8(2)16-18-12;1-6-15-17-11(18-16-6)14-8-2-7(4-13-5-8)3-9(12)10(19)20/h4-7H,3H2,1-2H3,(H,19,20)(H,14,17,18);2,4-5,9H,3,12H2,1H3,(H,19,20)(H,14,17,18)/t7-;9-/m00/s1. The minimum absolute atomic E-state index is 0.184. The van der Waals surface area contributed by atoms with E-state index in [0.29, 0.717) is 35.0 Å². The average molecular weight is 550 g/mol. The average Bonchev–Trinajstić information content (AvgIpc) is 2.92. The molecule has 0 aliphatic rings. The molecule has 17 heteroatoms. The van der Waals surface area contributed by atoms with E-state index < -0.39 is 23.9 Å². The van der Waals surface area contributed by atoms with Gasteiger partial charge in [0.1, 0.15) is 6.04 Å². The summed E-state index contributed by atoms with van der Waals surface area (Å²) in [5, 5.41) is 53.9. The number of anilines is 4. The zero-order valence-corrected chi connectivity index (χ0v) is 21.8. The molecule has 0 unspecified atom stereocenters. The molecule has 0 amide bonds. The number of nitrogens with zero attached hydrogens (tertiary/aromatic N) is 10. The molecule has 4 aromatic heterocycles. The normalized spacial score (nSPS) is 11.9. The van der Waals surface area contributed by atoms with Crippen molar-refractivity contribution >= 4 is 35.2 Å². The Labute approximate surface area is 227 Å². The SMILES string of the molecule is Cc1nnc(Nc2cncc(C[C@H](C)C(=O)O)c2)nn1.Cc1nnc(Nc2cncc(C[C@H](N)C(=O)O)c2)nn1. The maximum Gasteiger partial charge on any atom is 0.320 e. The lowest BCUT2D eigenvalue weighted by molar-refractivity contribution is -0.141. The number of rotatable bonds is 10. The molecule has 4 aromatic rings. The highest BCUT2D eigenvalue weighted by molar-refractivity contribution is 5.73. The molecule has 4 rings (SSSR count). The number of carboxylic acid groups (broad SMARTS) is 2. The van der Waals surface area contributed by atoms with Gasteiger partial charge in [0, 0.05) is 12.4 Å². The van der Waals surface area contributed by atoms with Crippen LogP contribution >= 0.6 is 0 Å². The summed E-state index contributed by atoms with van der Waals surface area (Å²) >= 11 is 0. The third-order valence-electron chi connectivity index (χ3n) is 5.00. The van der Waals surface area contributed by atoms with Crippen LogP contribution in [0.5, 0.6) is 0 Å². The highest BCUT2D eigenvalue weighted by Crippen LogP contribution is 2.16. The van der Waals surface area contributed by atoms with E-state index in [2.05, 4.69) is 61.4 Å². The lowest BCUT2D eigenvalue weighted by Gasteiger charge is -2.08. The summed E-state index contributed by atoms with van der Waals surface area (Å²) in [6.07, 6.45) is 6.93. The number of carbonyl (C=O) groups is 2. The lowest BCUT2D eigenvalue weighted by Crippen LogP contribution is -2.32. The van der Waals surface area contributed by atoms with Crippen LogP contribution in [0.1, 0.15) is 29.7 Å². The third kappa shape index (κ3) is 9.53. The molecular formula is C23H27N13O4. The van der Waals surface area contributed by atoms with E-state index >= 15 is 0 Å². The summed E-state index contributed by atoms with van der Waals surface area (Å²) < 4.78 is 0. The fourth-order valence-corrected chi connectivity index (χ4v) is 3.03. The van der Waals surface area contributed by atoms with E-state index in [1.807, 2.05) is 0 Å². The molecule has 0 aromatic carbocycles. The van der Waals surface area contributed by atoms with Gasteiger partial charge in [-0.25, -0.2) is 0 Å². The molecule has 0 fully saturated rings. The monoisotopic (exact) mass is 549 g/mol. The highest BCUT2D eigenvalue weighted by atomic mass is 16.4. The first-order valence-corrected chi connectivity index (χ1v) is 11.8. The van der Waals surface area contributed by atoms with Crippen LogP contribution in [-0.2, 0) is 22.4 Å². The summed E-state index contributed by atoms with van der Waals surface area (Å²) in [6, 6.07) is 2.56. The first kappa shape index (κ1) is 29.2.